The van der Waals surface area contributed by atoms with Crippen LogP contribution >= 0.6 is 0 Å². The van der Waals surface area contributed by atoms with E-state index in [4.69, 9.17) is 4.74 Å². The van der Waals surface area contributed by atoms with Gasteiger partial charge in [0.05, 0.1) is 13.2 Å². The van der Waals surface area contributed by atoms with E-state index in [0.717, 1.165) is 0 Å². The van der Waals surface area contributed by atoms with Crippen LogP contribution in [0.1, 0.15) is 17.4 Å². The first-order valence-corrected chi connectivity index (χ1v) is 8.13. The Kier molecular flexibility index (Phi) is 7.12. The molecular weight excluding hydrogens is 357 g/mol. The summed E-state index contributed by atoms with van der Waals surface area (Å²) in [6.07, 6.45) is 1.63. The average molecular weight is 377 g/mol. The van der Waals surface area contributed by atoms with E-state index < -0.39 is 29.8 Å². The van der Waals surface area contributed by atoms with Crippen LogP contribution in [0.3, 0.4) is 0 Å². The molecule has 27 heavy (non-hydrogen) atoms. The fraction of sp³-hybridized carbons (Fsp3) is 0.353. The molecule has 10 heteroatoms. The van der Waals surface area contributed by atoms with E-state index in [1.165, 1.54) is 35.0 Å². The highest BCUT2D eigenvalue weighted by atomic mass is 19.1. The maximum Gasteiger partial charge on any atom is 0.328 e. The molecule has 0 bridgehead atoms. The SMILES string of the molecule is C=CCOCC(NC(=O)C(Cc1ccc(F)cc1)n1nnnc1C)C(=O)O. The number of carbonyl (C=O) groups is 2. The minimum atomic E-state index is -1.25. The van der Waals surface area contributed by atoms with Crippen LogP contribution in [-0.4, -0.2) is 56.4 Å². The van der Waals surface area contributed by atoms with Crippen LogP contribution in [0.25, 0.3) is 0 Å². The molecule has 144 valence electrons. The number of nitrogens with zero attached hydrogens (tertiary/aromatic N) is 4. The van der Waals surface area contributed by atoms with Crippen molar-refractivity contribution in [2.45, 2.75) is 25.4 Å². The van der Waals surface area contributed by atoms with Crippen molar-refractivity contribution < 1.29 is 23.8 Å². The molecule has 2 atom stereocenters. The number of aliphatic carboxylic acids is 1. The van der Waals surface area contributed by atoms with Gasteiger partial charge in [0.15, 0.2) is 6.04 Å². The van der Waals surface area contributed by atoms with E-state index in [9.17, 15) is 19.1 Å². The summed E-state index contributed by atoms with van der Waals surface area (Å²) in [6.45, 7) is 5.03. The van der Waals surface area contributed by atoms with Crippen molar-refractivity contribution in [2.75, 3.05) is 13.2 Å². The summed E-state index contributed by atoms with van der Waals surface area (Å²) in [5, 5.41) is 22.8. The Balaban J connectivity index is 2.19. The summed E-state index contributed by atoms with van der Waals surface area (Å²) in [7, 11) is 0. The van der Waals surface area contributed by atoms with Crippen molar-refractivity contribution in [1.29, 1.82) is 0 Å². The number of nitrogens with one attached hydrogen (secondary N) is 1. The predicted octanol–water partition coefficient (Wildman–Crippen LogP) is 0.676. The third kappa shape index (κ3) is 5.68. The second-order valence-corrected chi connectivity index (χ2v) is 5.74. The monoisotopic (exact) mass is 377 g/mol. The van der Waals surface area contributed by atoms with Crippen molar-refractivity contribution in [3.8, 4) is 0 Å². The molecule has 0 saturated heterocycles. The number of halogens is 1. The summed E-state index contributed by atoms with van der Waals surface area (Å²) < 4.78 is 19.5. The Labute approximate surface area is 154 Å². The fourth-order valence-electron chi connectivity index (χ4n) is 2.37. The standard InChI is InChI=1S/C17H20FN5O4/c1-3-8-27-10-14(17(25)26)19-16(24)15(23-11(2)20-21-22-23)9-12-4-6-13(18)7-5-12/h3-7,14-15H,1,8-10H2,2H3,(H,19,24)(H,25,26). The van der Waals surface area contributed by atoms with Crippen LogP contribution in [0.15, 0.2) is 36.9 Å². The quantitative estimate of drug-likeness (QED) is 0.461. The Morgan fingerprint density at radius 1 is 1.41 bits per heavy atom. The van der Waals surface area contributed by atoms with Crippen molar-refractivity contribution in [2.24, 2.45) is 0 Å². The number of aryl methyl sites for hydroxylation is 1. The van der Waals surface area contributed by atoms with Crippen molar-refractivity contribution in [1.82, 2.24) is 25.5 Å². The fourth-order valence-corrected chi connectivity index (χ4v) is 2.37. The molecule has 2 unspecified atom stereocenters. The molecule has 1 heterocycles. The third-order valence-electron chi connectivity index (χ3n) is 3.73. The number of hydrogen-bond donors (Lipinski definition) is 2. The van der Waals surface area contributed by atoms with Gasteiger partial charge in [0.25, 0.3) is 0 Å². The largest absolute Gasteiger partial charge is 0.480 e. The normalized spacial score (nSPS) is 13.0. The van der Waals surface area contributed by atoms with Gasteiger partial charge in [-0.1, -0.05) is 18.2 Å². The third-order valence-corrected chi connectivity index (χ3v) is 3.73. The van der Waals surface area contributed by atoms with Gasteiger partial charge in [-0.2, -0.15) is 0 Å². The number of benzene rings is 1. The van der Waals surface area contributed by atoms with Gasteiger partial charge in [0.1, 0.15) is 17.7 Å². The van der Waals surface area contributed by atoms with Crippen LogP contribution in [-0.2, 0) is 20.7 Å². The van der Waals surface area contributed by atoms with Gasteiger partial charge in [-0.15, -0.1) is 11.7 Å². The first-order chi connectivity index (χ1) is 12.9. The zero-order chi connectivity index (χ0) is 19.8. The number of amides is 1. The second-order valence-electron chi connectivity index (χ2n) is 5.74. The van der Waals surface area contributed by atoms with E-state index in [1.807, 2.05) is 0 Å². The van der Waals surface area contributed by atoms with Gasteiger partial charge < -0.3 is 15.2 Å². The summed E-state index contributed by atoms with van der Waals surface area (Å²) in [5.41, 5.74) is 0.668. The van der Waals surface area contributed by atoms with Gasteiger partial charge in [-0.3, -0.25) is 4.79 Å². The lowest BCUT2D eigenvalue weighted by molar-refractivity contribution is -0.144. The van der Waals surface area contributed by atoms with Crippen LogP contribution in [0, 0.1) is 12.7 Å². The van der Waals surface area contributed by atoms with Gasteiger partial charge in [0.2, 0.25) is 5.91 Å². The van der Waals surface area contributed by atoms with E-state index in [-0.39, 0.29) is 19.6 Å². The zero-order valence-electron chi connectivity index (χ0n) is 14.7. The molecule has 2 N–H and O–H groups in total. The number of rotatable bonds is 10. The van der Waals surface area contributed by atoms with Gasteiger partial charge >= 0.3 is 5.97 Å². The summed E-state index contributed by atoms with van der Waals surface area (Å²) in [4.78, 5) is 24.2. The molecule has 0 spiro atoms. The average Bonchev–Trinajstić information content (AvgIpc) is 3.06. The number of carboxylic acids is 1. The van der Waals surface area contributed by atoms with Gasteiger partial charge in [-0.05, 0) is 35.0 Å². The van der Waals surface area contributed by atoms with Gasteiger partial charge in [0, 0.05) is 6.42 Å². The molecular formula is C17H20FN5O4. The highest BCUT2D eigenvalue weighted by Crippen LogP contribution is 2.16. The van der Waals surface area contributed by atoms with E-state index in [2.05, 4.69) is 27.4 Å². The molecule has 2 aromatic rings. The lowest BCUT2D eigenvalue weighted by Crippen LogP contribution is -2.47. The molecule has 2 rings (SSSR count). The Morgan fingerprint density at radius 2 is 2.11 bits per heavy atom. The van der Waals surface area contributed by atoms with Crippen LogP contribution in [0.4, 0.5) is 4.39 Å². The number of tetrazole rings is 1. The molecule has 1 aromatic carbocycles. The number of carboxylic acid groups (broad SMARTS) is 1. The molecule has 0 aliphatic rings. The maximum atomic E-state index is 13.1. The second kappa shape index (κ2) is 9.53. The topological polar surface area (TPSA) is 119 Å². The molecule has 0 aliphatic carbocycles. The minimum absolute atomic E-state index is 0.151. The summed E-state index contributed by atoms with van der Waals surface area (Å²) in [6, 6.07) is 3.48. The number of hydrogen-bond acceptors (Lipinski definition) is 6. The van der Waals surface area contributed by atoms with E-state index in [0.29, 0.717) is 11.4 Å². The summed E-state index contributed by atoms with van der Waals surface area (Å²) in [5.74, 6) is -1.85. The molecule has 1 aromatic heterocycles. The first kappa shape index (κ1) is 20.2. The van der Waals surface area contributed by atoms with Crippen LogP contribution in [0.5, 0.6) is 0 Å². The summed E-state index contributed by atoms with van der Waals surface area (Å²) >= 11 is 0. The molecule has 0 radical (unpaired) electrons. The highest BCUT2D eigenvalue weighted by molar-refractivity contribution is 5.86. The van der Waals surface area contributed by atoms with Crippen molar-refractivity contribution in [3.05, 3.63) is 54.1 Å². The zero-order valence-corrected chi connectivity index (χ0v) is 14.7. The highest BCUT2D eigenvalue weighted by Gasteiger charge is 2.28. The molecule has 9 nitrogen and oxygen atoms in total. The van der Waals surface area contributed by atoms with Crippen LogP contribution < -0.4 is 5.32 Å². The number of aromatic nitrogens is 4. The Hall–Kier alpha value is -3.14. The molecule has 1 amide bonds. The molecule has 0 fully saturated rings. The van der Waals surface area contributed by atoms with Crippen molar-refractivity contribution in [3.63, 3.8) is 0 Å². The Morgan fingerprint density at radius 3 is 2.67 bits per heavy atom. The van der Waals surface area contributed by atoms with E-state index >= 15 is 0 Å². The van der Waals surface area contributed by atoms with Gasteiger partial charge in [-0.25, -0.2) is 13.9 Å². The maximum absolute atomic E-state index is 13.1. The predicted molar refractivity (Wildman–Crippen MR) is 92.3 cm³/mol. The van der Waals surface area contributed by atoms with Crippen molar-refractivity contribution >= 4 is 11.9 Å². The number of ether oxygens (including phenoxy) is 1. The lowest BCUT2D eigenvalue weighted by atomic mass is 10.0. The smallest absolute Gasteiger partial charge is 0.328 e. The minimum Gasteiger partial charge on any atom is -0.480 e. The van der Waals surface area contributed by atoms with Crippen LogP contribution in [0.2, 0.25) is 0 Å². The number of carbonyl (C=O) groups excluding carboxylic acids is 1. The molecule has 0 aliphatic heterocycles. The Bertz CT molecular complexity index is 793. The lowest BCUT2D eigenvalue weighted by Gasteiger charge is -2.21. The van der Waals surface area contributed by atoms with E-state index in [1.54, 1.807) is 6.92 Å². The molecule has 0 saturated carbocycles. The first-order valence-electron chi connectivity index (χ1n) is 8.13.